The van der Waals surface area contributed by atoms with E-state index in [9.17, 15) is 20.0 Å². The summed E-state index contributed by atoms with van der Waals surface area (Å²) in [5, 5.41) is 27.5. The molecule has 0 fully saturated rings. The Bertz CT molecular complexity index is 696. The van der Waals surface area contributed by atoms with E-state index >= 15 is 0 Å². The first-order chi connectivity index (χ1) is 10.3. The lowest BCUT2D eigenvalue weighted by Crippen LogP contribution is -2.38. The summed E-state index contributed by atoms with van der Waals surface area (Å²) in [6.07, 6.45) is 0. The first-order valence-corrected chi connectivity index (χ1v) is 7.54. The molecule has 2 aromatic rings. The third-order valence-corrected chi connectivity index (χ3v) is 4.01. The number of rotatable bonds is 5. The molecule has 0 bridgehead atoms. The Labute approximate surface area is 131 Å². The first kappa shape index (κ1) is 16.1. The van der Waals surface area contributed by atoms with Crippen LogP contribution in [0.2, 0.25) is 0 Å². The lowest BCUT2D eigenvalue weighted by molar-refractivity contribution is -0.385. The van der Waals surface area contributed by atoms with E-state index in [1.54, 1.807) is 31.4 Å². The lowest BCUT2D eigenvalue weighted by atomic mass is 9.99. The number of thiophene rings is 1. The number of nitro groups is 1. The molecule has 0 aliphatic rings. The normalized spacial score (nSPS) is 13.4. The second-order valence-electron chi connectivity index (χ2n) is 5.25. The quantitative estimate of drug-likeness (QED) is 0.654. The Morgan fingerprint density at radius 1 is 1.45 bits per heavy atom. The summed E-state index contributed by atoms with van der Waals surface area (Å²) >= 11 is 1.44. The molecule has 0 spiro atoms. The van der Waals surface area contributed by atoms with Crippen molar-refractivity contribution >= 4 is 22.9 Å². The molecule has 1 atom stereocenters. The van der Waals surface area contributed by atoms with Crippen LogP contribution in [0.5, 0.6) is 0 Å². The van der Waals surface area contributed by atoms with Crippen molar-refractivity contribution in [3.8, 4) is 0 Å². The minimum Gasteiger partial charge on any atom is -0.384 e. The van der Waals surface area contributed by atoms with Crippen LogP contribution in [0.1, 0.15) is 28.4 Å². The Morgan fingerprint density at radius 2 is 2.18 bits per heavy atom. The largest absolute Gasteiger partial charge is 0.384 e. The van der Waals surface area contributed by atoms with Gasteiger partial charge < -0.3 is 10.4 Å². The molecule has 0 saturated heterocycles. The van der Waals surface area contributed by atoms with Gasteiger partial charge in [0.2, 0.25) is 0 Å². The molecule has 22 heavy (non-hydrogen) atoms. The number of hydrogen-bond donors (Lipinski definition) is 2. The predicted molar refractivity (Wildman–Crippen MR) is 84.1 cm³/mol. The van der Waals surface area contributed by atoms with Gasteiger partial charge >= 0.3 is 0 Å². The summed E-state index contributed by atoms with van der Waals surface area (Å²) in [4.78, 5) is 22.6. The average Bonchev–Trinajstić information content (AvgIpc) is 2.99. The van der Waals surface area contributed by atoms with Crippen LogP contribution in [0.25, 0.3) is 0 Å². The summed E-state index contributed by atoms with van der Waals surface area (Å²) in [5.41, 5.74) is -0.0462. The van der Waals surface area contributed by atoms with E-state index in [1.165, 1.54) is 23.5 Å². The fourth-order valence-electron chi connectivity index (χ4n) is 2.01. The van der Waals surface area contributed by atoms with Crippen molar-refractivity contribution in [2.24, 2.45) is 0 Å². The number of carbonyl (C=O) groups is 1. The topological polar surface area (TPSA) is 92.5 Å². The van der Waals surface area contributed by atoms with E-state index in [0.717, 1.165) is 5.56 Å². The molecule has 7 heteroatoms. The molecular weight excluding hydrogens is 304 g/mol. The zero-order valence-corrected chi connectivity index (χ0v) is 13.0. The number of aliphatic hydroxyl groups is 1. The van der Waals surface area contributed by atoms with E-state index in [0.29, 0.717) is 5.56 Å². The third-order valence-electron chi connectivity index (χ3n) is 3.33. The Morgan fingerprint density at radius 3 is 2.77 bits per heavy atom. The van der Waals surface area contributed by atoms with E-state index in [2.05, 4.69) is 5.32 Å². The fourth-order valence-corrected chi connectivity index (χ4v) is 2.79. The van der Waals surface area contributed by atoms with E-state index in [-0.39, 0.29) is 17.8 Å². The van der Waals surface area contributed by atoms with Gasteiger partial charge in [0, 0.05) is 6.07 Å². The smallest absolute Gasteiger partial charge is 0.282 e. The van der Waals surface area contributed by atoms with E-state index in [1.807, 2.05) is 5.38 Å². The summed E-state index contributed by atoms with van der Waals surface area (Å²) in [5.74, 6) is -0.578. The molecule has 1 aromatic carbocycles. The Balaban J connectivity index is 2.16. The second kappa shape index (κ2) is 6.25. The molecule has 1 amide bonds. The standard InChI is InChI=1S/C15H16N2O4S/c1-10-3-4-13(17(20)21)12(7-10)14(18)16-9-15(2,19)11-5-6-22-8-11/h3-8,19H,9H2,1-2H3,(H,16,18). The maximum Gasteiger partial charge on any atom is 0.282 e. The molecule has 0 saturated carbocycles. The minimum atomic E-state index is -1.23. The van der Waals surface area contributed by atoms with Crippen LogP contribution in [0.15, 0.2) is 35.0 Å². The zero-order valence-electron chi connectivity index (χ0n) is 12.2. The van der Waals surface area contributed by atoms with Gasteiger partial charge in [0.1, 0.15) is 11.2 Å². The van der Waals surface area contributed by atoms with Crippen molar-refractivity contribution in [3.63, 3.8) is 0 Å². The molecular formula is C15H16N2O4S. The number of nitrogens with one attached hydrogen (secondary N) is 1. The molecule has 2 rings (SSSR count). The first-order valence-electron chi connectivity index (χ1n) is 6.59. The summed E-state index contributed by atoms with van der Waals surface area (Å²) in [7, 11) is 0. The van der Waals surface area contributed by atoms with Crippen LogP contribution in [0.4, 0.5) is 5.69 Å². The van der Waals surface area contributed by atoms with Crippen LogP contribution >= 0.6 is 11.3 Å². The van der Waals surface area contributed by atoms with Crippen LogP contribution in [0.3, 0.4) is 0 Å². The van der Waals surface area contributed by atoms with Gasteiger partial charge in [-0.3, -0.25) is 14.9 Å². The Kier molecular flexibility index (Phi) is 4.58. The summed E-state index contributed by atoms with van der Waals surface area (Å²) in [6, 6.07) is 6.12. The van der Waals surface area contributed by atoms with Gasteiger partial charge in [0.25, 0.3) is 11.6 Å². The molecule has 0 aliphatic heterocycles. The van der Waals surface area contributed by atoms with Crippen molar-refractivity contribution in [3.05, 3.63) is 61.8 Å². The van der Waals surface area contributed by atoms with Gasteiger partial charge in [-0.25, -0.2) is 0 Å². The van der Waals surface area contributed by atoms with Crippen molar-refractivity contribution in [1.82, 2.24) is 5.32 Å². The van der Waals surface area contributed by atoms with Crippen LogP contribution in [0, 0.1) is 17.0 Å². The van der Waals surface area contributed by atoms with Gasteiger partial charge in [-0.2, -0.15) is 11.3 Å². The Hall–Kier alpha value is -2.25. The molecule has 1 heterocycles. The molecule has 6 nitrogen and oxygen atoms in total. The van der Waals surface area contributed by atoms with E-state index < -0.39 is 16.4 Å². The number of benzene rings is 1. The number of amides is 1. The molecule has 0 aliphatic carbocycles. The van der Waals surface area contributed by atoms with Crippen molar-refractivity contribution in [1.29, 1.82) is 0 Å². The number of hydrogen-bond acceptors (Lipinski definition) is 5. The third kappa shape index (κ3) is 3.49. The van der Waals surface area contributed by atoms with Gasteiger partial charge in [-0.15, -0.1) is 0 Å². The van der Waals surface area contributed by atoms with Crippen molar-refractivity contribution in [2.45, 2.75) is 19.4 Å². The lowest BCUT2D eigenvalue weighted by Gasteiger charge is -2.22. The monoisotopic (exact) mass is 320 g/mol. The van der Waals surface area contributed by atoms with Gasteiger partial charge in [-0.1, -0.05) is 6.07 Å². The average molecular weight is 320 g/mol. The molecule has 116 valence electrons. The highest BCUT2D eigenvalue weighted by Crippen LogP contribution is 2.23. The maximum absolute atomic E-state index is 12.2. The van der Waals surface area contributed by atoms with Gasteiger partial charge in [0.15, 0.2) is 0 Å². The molecule has 0 radical (unpaired) electrons. The number of nitro benzene ring substituents is 1. The van der Waals surface area contributed by atoms with Crippen LogP contribution in [-0.4, -0.2) is 22.5 Å². The van der Waals surface area contributed by atoms with Crippen molar-refractivity contribution < 1.29 is 14.8 Å². The van der Waals surface area contributed by atoms with Crippen LogP contribution < -0.4 is 5.32 Å². The van der Waals surface area contributed by atoms with Gasteiger partial charge in [-0.05, 0) is 47.9 Å². The molecule has 1 unspecified atom stereocenters. The fraction of sp³-hybridized carbons (Fsp3) is 0.267. The number of aryl methyl sites for hydroxylation is 1. The minimum absolute atomic E-state index is 0.00822. The zero-order chi connectivity index (χ0) is 16.3. The number of nitrogens with zero attached hydrogens (tertiary/aromatic N) is 1. The number of carbonyl (C=O) groups excluding carboxylic acids is 1. The SMILES string of the molecule is Cc1ccc([N+](=O)[O-])c(C(=O)NCC(C)(O)c2ccsc2)c1. The highest BCUT2D eigenvalue weighted by Gasteiger charge is 2.26. The molecule has 2 N–H and O–H groups in total. The van der Waals surface area contributed by atoms with Gasteiger partial charge in [0.05, 0.1) is 11.5 Å². The molecule has 1 aromatic heterocycles. The van der Waals surface area contributed by atoms with Crippen LogP contribution in [-0.2, 0) is 5.60 Å². The van der Waals surface area contributed by atoms with E-state index in [4.69, 9.17) is 0 Å². The maximum atomic E-state index is 12.2. The summed E-state index contributed by atoms with van der Waals surface area (Å²) in [6.45, 7) is 3.30. The predicted octanol–water partition coefficient (Wildman–Crippen LogP) is 2.60. The second-order valence-corrected chi connectivity index (χ2v) is 6.03. The summed E-state index contributed by atoms with van der Waals surface area (Å²) < 4.78 is 0. The highest BCUT2D eigenvalue weighted by atomic mass is 32.1. The van der Waals surface area contributed by atoms with Crippen molar-refractivity contribution in [2.75, 3.05) is 6.54 Å². The highest BCUT2D eigenvalue weighted by molar-refractivity contribution is 7.08.